The minimum absolute atomic E-state index is 0.455. The average Bonchev–Trinajstić information content (AvgIpc) is 3.21. The summed E-state index contributed by atoms with van der Waals surface area (Å²) < 4.78 is 6.15. The topological polar surface area (TPSA) is 53.6 Å². The van der Waals surface area contributed by atoms with Gasteiger partial charge in [-0.2, -0.15) is 0 Å². The van der Waals surface area contributed by atoms with Crippen molar-refractivity contribution in [3.63, 3.8) is 0 Å². The Kier molecular flexibility index (Phi) is 2.41. The summed E-state index contributed by atoms with van der Waals surface area (Å²) in [5.74, 6) is 3.36. The van der Waals surface area contributed by atoms with Gasteiger partial charge in [-0.1, -0.05) is 18.2 Å². The Balaban J connectivity index is 1.52. The van der Waals surface area contributed by atoms with Gasteiger partial charge in [0.15, 0.2) is 0 Å². The number of benzene rings is 2. The van der Waals surface area contributed by atoms with Gasteiger partial charge in [0.2, 0.25) is 0 Å². The van der Waals surface area contributed by atoms with Crippen LogP contribution in [-0.4, -0.2) is 17.2 Å². The summed E-state index contributed by atoms with van der Waals surface area (Å²) in [6.07, 6.45) is 6.99. The molecule has 7 rings (SSSR count). The van der Waals surface area contributed by atoms with Crippen LogP contribution in [0.4, 0.5) is 0 Å². The molecule has 3 saturated carbocycles. The highest BCUT2D eigenvalue weighted by Gasteiger charge is 2.65. The van der Waals surface area contributed by atoms with Crippen molar-refractivity contribution in [2.24, 2.45) is 17.3 Å². The fourth-order valence-corrected chi connectivity index (χ4v) is 7.45. The van der Waals surface area contributed by atoms with Crippen molar-refractivity contribution in [3.05, 3.63) is 41.5 Å². The monoisotopic (exact) mass is 344 g/mol. The van der Waals surface area contributed by atoms with E-state index < -0.39 is 7.12 Å². The molecule has 130 valence electrons. The first-order valence-corrected chi connectivity index (χ1v) is 9.99. The van der Waals surface area contributed by atoms with Gasteiger partial charge < -0.3 is 14.5 Å². The van der Waals surface area contributed by atoms with E-state index in [1.807, 2.05) is 12.1 Å². The normalized spacial score (nSPS) is 36.2. The van der Waals surface area contributed by atoms with Gasteiger partial charge >= 0.3 is 7.12 Å². The molecule has 26 heavy (non-hydrogen) atoms. The fraction of sp³-hybridized carbons (Fsp3) is 0.455. The molecule has 1 heterocycles. The van der Waals surface area contributed by atoms with Crippen LogP contribution in [-0.2, 0) is 0 Å². The molecule has 3 bridgehead atoms. The zero-order valence-electron chi connectivity index (χ0n) is 14.6. The van der Waals surface area contributed by atoms with Gasteiger partial charge in [0.05, 0.1) is 0 Å². The minimum atomic E-state index is -1.51. The van der Waals surface area contributed by atoms with Crippen molar-refractivity contribution < 1.29 is 14.5 Å². The molecule has 0 saturated heterocycles. The number of para-hydroxylation sites is 1. The Morgan fingerprint density at radius 1 is 0.923 bits per heavy atom. The maximum Gasteiger partial charge on any atom is 0.492 e. The Labute approximate surface area is 152 Å². The lowest BCUT2D eigenvalue weighted by atomic mass is 9.56. The van der Waals surface area contributed by atoms with Crippen molar-refractivity contribution in [2.45, 2.75) is 43.9 Å². The van der Waals surface area contributed by atoms with Crippen molar-refractivity contribution in [3.8, 4) is 0 Å². The number of hydrogen-bond acceptors (Lipinski definition) is 3. The highest BCUT2D eigenvalue weighted by molar-refractivity contribution is 6.61. The van der Waals surface area contributed by atoms with Crippen LogP contribution in [0, 0.1) is 17.3 Å². The van der Waals surface area contributed by atoms with Crippen LogP contribution in [0.25, 0.3) is 21.9 Å². The van der Waals surface area contributed by atoms with Crippen molar-refractivity contribution in [1.29, 1.82) is 0 Å². The first kappa shape index (κ1) is 14.3. The van der Waals surface area contributed by atoms with E-state index >= 15 is 0 Å². The third-order valence-electron chi connectivity index (χ3n) is 8.48. The number of hydrogen-bond donors (Lipinski definition) is 2. The van der Waals surface area contributed by atoms with Crippen LogP contribution in [0.15, 0.2) is 34.7 Å². The van der Waals surface area contributed by atoms with Crippen LogP contribution >= 0.6 is 0 Å². The van der Waals surface area contributed by atoms with Gasteiger partial charge in [-0.15, -0.1) is 0 Å². The number of furan rings is 1. The quantitative estimate of drug-likeness (QED) is 0.663. The maximum atomic E-state index is 9.70. The molecule has 3 fully saturated rings. The summed E-state index contributed by atoms with van der Waals surface area (Å²) in [6.45, 7) is 0. The molecule has 2 N–H and O–H groups in total. The van der Waals surface area contributed by atoms with Gasteiger partial charge in [0.1, 0.15) is 11.2 Å². The molecule has 4 aliphatic carbocycles. The molecule has 5 atom stereocenters. The van der Waals surface area contributed by atoms with E-state index in [9.17, 15) is 10.0 Å². The second-order valence-corrected chi connectivity index (χ2v) is 9.31. The van der Waals surface area contributed by atoms with E-state index in [0.717, 1.165) is 28.2 Å². The third kappa shape index (κ3) is 1.48. The molecule has 0 aliphatic heterocycles. The molecule has 0 radical (unpaired) electrons. The lowest BCUT2D eigenvalue weighted by molar-refractivity contribution is 0.00322. The van der Waals surface area contributed by atoms with Crippen LogP contribution in [0.3, 0.4) is 0 Å². The largest absolute Gasteiger partial charge is 0.492 e. The third-order valence-corrected chi connectivity index (χ3v) is 8.48. The van der Waals surface area contributed by atoms with Crippen LogP contribution < -0.4 is 5.46 Å². The van der Waals surface area contributed by atoms with Crippen LogP contribution in [0.1, 0.15) is 55.1 Å². The zero-order chi connectivity index (χ0) is 17.2. The van der Waals surface area contributed by atoms with Crippen molar-refractivity contribution in [1.82, 2.24) is 0 Å². The summed E-state index contributed by atoms with van der Waals surface area (Å²) in [5, 5.41) is 21.5. The van der Waals surface area contributed by atoms with E-state index in [2.05, 4.69) is 12.1 Å². The Morgan fingerprint density at radius 3 is 2.38 bits per heavy atom. The molecule has 1 aromatic heterocycles. The van der Waals surface area contributed by atoms with Gasteiger partial charge in [0.25, 0.3) is 0 Å². The summed E-state index contributed by atoms with van der Waals surface area (Å²) in [5.41, 5.74) is 5.73. The van der Waals surface area contributed by atoms with E-state index in [4.69, 9.17) is 4.42 Å². The first-order valence-electron chi connectivity index (χ1n) is 9.99. The Bertz CT molecular complexity index is 1100. The van der Waals surface area contributed by atoms with Gasteiger partial charge in [-0.05, 0) is 84.5 Å². The zero-order valence-corrected chi connectivity index (χ0v) is 14.6. The lowest BCUT2D eigenvalue weighted by Gasteiger charge is -2.48. The molecule has 3 aromatic rings. The Morgan fingerprint density at radius 2 is 1.65 bits per heavy atom. The average molecular weight is 344 g/mol. The van der Waals surface area contributed by atoms with Crippen LogP contribution in [0.5, 0.6) is 0 Å². The molecule has 1 spiro atoms. The van der Waals surface area contributed by atoms with E-state index in [0.29, 0.717) is 28.3 Å². The molecule has 4 heteroatoms. The standard InChI is InChI=1S/C22H21BO3/c24-23(25)19-3-1-2-15-18-7-16-11-4-13-6-14-5-12(10-22(13,14)9-11)17(16)8-20(18)26-21(15)19/h1-3,7-8,11-14,24-25H,4-6,9-10H2. The Hall–Kier alpha value is -1.78. The first-order chi connectivity index (χ1) is 12.6. The smallest absolute Gasteiger partial charge is 0.456 e. The SMILES string of the molecule is OB(O)c1cccc2c1oc1cc3c(cc12)C1CC2CC4CC3CC42C1. The van der Waals surface area contributed by atoms with Crippen molar-refractivity contribution >= 4 is 34.5 Å². The fourth-order valence-electron chi connectivity index (χ4n) is 7.45. The highest BCUT2D eigenvalue weighted by Crippen LogP contribution is 2.76. The summed E-state index contributed by atoms with van der Waals surface area (Å²) >= 11 is 0. The molecular weight excluding hydrogens is 323 g/mol. The second-order valence-electron chi connectivity index (χ2n) is 9.31. The molecule has 5 unspecified atom stereocenters. The van der Waals surface area contributed by atoms with Crippen molar-refractivity contribution in [2.75, 3.05) is 0 Å². The predicted molar refractivity (Wildman–Crippen MR) is 102 cm³/mol. The molecule has 3 nitrogen and oxygen atoms in total. The number of fused-ring (bicyclic) bond motifs is 8. The maximum absolute atomic E-state index is 9.70. The van der Waals surface area contributed by atoms with Gasteiger partial charge in [0, 0.05) is 16.2 Å². The van der Waals surface area contributed by atoms with Gasteiger partial charge in [-0.3, -0.25) is 0 Å². The highest BCUT2D eigenvalue weighted by atomic mass is 16.4. The number of rotatable bonds is 1. The molecular formula is C22H21BO3. The van der Waals surface area contributed by atoms with E-state index in [1.165, 1.54) is 37.7 Å². The molecule has 4 aliphatic rings. The minimum Gasteiger partial charge on any atom is -0.456 e. The molecule has 2 aromatic carbocycles. The van der Waals surface area contributed by atoms with E-state index in [-0.39, 0.29) is 0 Å². The lowest BCUT2D eigenvalue weighted by Crippen LogP contribution is -2.41. The van der Waals surface area contributed by atoms with Crippen LogP contribution in [0.2, 0.25) is 0 Å². The summed E-state index contributed by atoms with van der Waals surface area (Å²) in [6, 6.07) is 10.3. The predicted octanol–water partition coefficient (Wildman–Crippen LogP) is 3.66. The second kappa shape index (κ2) is 4.37. The summed E-state index contributed by atoms with van der Waals surface area (Å²) in [4.78, 5) is 0. The van der Waals surface area contributed by atoms with E-state index in [1.54, 1.807) is 11.6 Å². The summed E-state index contributed by atoms with van der Waals surface area (Å²) in [7, 11) is -1.51. The molecule has 0 amide bonds. The van der Waals surface area contributed by atoms with Gasteiger partial charge in [-0.25, -0.2) is 0 Å².